The van der Waals surface area contributed by atoms with E-state index in [9.17, 15) is 0 Å². The normalized spacial score (nSPS) is 12.7. The third kappa shape index (κ3) is 4.67. The van der Waals surface area contributed by atoms with Crippen LogP contribution in [-0.4, -0.2) is 6.54 Å². The van der Waals surface area contributed by atoms with Crippen molar-refractivity contribution in [1.82, 2.24) is 5.32 Å². The number of nitrogens with one attached hydrogen (secondary N) is 1. The van der Waals surface area contributed by atoms with Gasteiger partial charge in [-0.25, -0.2) is 0 Å². The molecular weight excluding hydrogens is 206 g/mol. The Kier molecular flexibility index (Phi) is 5.74. The molecule has 0 bridgehead atoms. The van der Waals surface area contributed by atoms with Crippen LogP contribution in [0.15, 0.2) is 24.3 Å². The lowest BCUT2D eigenvalue weighted by atomic mass is 10.1. The maximum Gasteiger partial charge on any atom is 0.0450 e. The van der Waals surface area contributed by atoms with E-state index in [1.165, 1.54) is 18.4 Å². The summed E-state index contributed by atoms with van der Waals surface area (Å²) < 4.78 is 0. The maximum atomic E-state index is 6.06. The van der Waals surface area contributed by atoms with E-state index < -0.39 is 0 Å². The summed E-state index contributed by atoms with van der Waals surface area (Å²) in [7, 11) is 0. The minimum atomic E-state index is 0.748. The Morgan fingerprint density at radius 3 is 2.73 bits per heavy atom. The first-order valence-electron chi connectivity index (χ1n) is 5.68. The van der Waals surface area contributed by atoms with E-state index in [0.717, 1.165) is 24.0 Å². The highest BCUT2D eigenvalue weighted by molar-refractivity contribution is 6.31. The highest BCUT2D eigenvalue weighted by Crippen LogP contribution is 2.14. The smallest absolute Gasteiger partial charge is 0.0450 e. The number of halogens is 1. The Bertz CT molecular complexity index is 286. The zero-order valence-corrected chi connectivity index (χ0v) is 10.3. The molecule has 1 unspecified atom stereocenters. The van der Waals surface area contributed by atoms with Crippen LogP contribution in [0.5, 0.6) is 0 Å². The number of hydrogen-bond donors (Lipinski definition) is 1. The Morgan fingerprint density at radius 2 is 2.07 bits per heavy atom. The molecule has 1 N–H and O–H groups in total. The molecule has 0 spiro atoms. The zero-order chi connectivity index (χ0) is 11.1. The largest absolute Gasteiger partial charge is 0.312 e. The predicted molar refractivity (Wildman–Crippen MR) is 67.2 cm³/mol. The van der Waals surface area contributed by atoms with E-state index >= 15 is 0 Å². The highest BCUT2D eigenvalue weighted by Gasteiger charge is 2.01. The molecule has 84 valence electrons. The molecule has 2 heteroatoms. The molecular formula is C13H20ClN. The second-order valence-electron chi connectivity index (χ2n) is 4.12. The van der Waals surface area contributed by atoms with Crippen molar-refractivity contribution >= 4 is 11.6 Å². The van der Waals surface area contributed by atoms with Crippen LogP contribution in [0.25, 0.3) is 0 Å². The summed E-state index contributed by atoms with van der Waals surface area (Å²) in [6.45, 7) is 6.44. The zero-order valence-electron chi connectivity index (χ0n) is 9.59. The van der Waals surface area contributed by atoms with Crippen LogP contribution in [0.3, 0.4) is 0 Å². The molecule has 0 saturated heterocycles. The first-order valence-corrected chi connectivity index (χ1v) is 6.06. The lowest BCUT2D eigenvalue weighted by Crippen LogP contribution is -2.20. The van der Waals surface area contributed by atoms with Gasteiger partial charge in [0, 0.05) is 11.6 Å². The molecule has 1 rings (SSSR count). The standard InChI is InChI=1S/C13H20ClN/c1-3-6-11(2)9-15-10-12-7-4-5-8-13(12)14/h4-5,7-8,11,15H,3,6,9-10H2,1-2H3. The number of benzene rings is 1. The summed E-state index contributed by atoms with van der Waals surface area (Å²) in [5.41, 5.74) is 1.18. The molecule has 15 heavy (non-hydrogen) atoms. The number of hydrogen-bond acceptors (Lipinski definition) is 1. The molecule has 0 aliphatic rings. The second kappa shape index (κ2) is 6.86. The van der Waals surface area contributed by atoms with Crippen LogP contribution in [0.1, 0.15) is 32.3 Å². The molecule has 0 radical (unpaired) electrons. The van der Waals surface area contributed by atoms with Crippen LogP contribution in [0.4, 0.5) is 0 Å². The Hall–Kier alpha value is -0.530. The van der Waals surface area contributed by atoms with E-state index in [1.54, 1.807) is 0 Å². The van der Waals surface area contributed by atoms with E-state index in [-0.39, 0.29) is 0 Å². The third-order valence-electron chi connectivity index (χ3n) is 2.55. The molecule has 1 atom stereocenters. The van der Waals surface area contributed by atoms with Gasteiger partial charge in [-0.15, -0.1) is 0 Å². The fourth-order valence-electron chi connectivity index (χ4n) is 1.69. The molecule has 0 fully saturated rings. The number of rotatable bonds is 6. The molecule has 0 aliphatic carbocycles. The van der Waals surface area contributed by atoms with Gasteiger partial charge in [-0.2, -0.15) is 0 Å². The van der Waals surface area contributed by atoms with Crippen LogP contribution in [-0.2, 0) is 6.54 Å². The summed E-state index contributed by atoms with van der Waals surface area (Å²) >= 11 is 6.06. The Morgan fingerprint density at radius 1 is 1.33 bits per heavy atom. The van der Waals surface area contributed by atoms with Crippen molar-refractivity contribution in [3.63, 3.8) is 0 Å². The highest BCUT2D eigenvalue weighted by atomic mass is 35.5. The molecule has 0 aliphatic heterocycles. The Balaban J connectivity index is 2.29. The average Bonchev–Trinajstić information content (AvgIpc) is 2.21. The average molecular weight is 226 g/mol. The van der Waals surface area contributed by atoms with E-state index in [4.69, 9.17) is 11.6 Å². The molecule has 1 nitrogen and oxygen atoms in total. The Labute approximate surface area is 97.8 Å². The topological polar surface area (TPSA) is 12.0 Å². The molecule has 0 aromatic heterocycles. The van der Waals surface area contributed by atoms with Crippen molar-refractivity contribution in [2.45, 2.75) is 33.2 Å². The van der Waals surface area contributed by atoms with Crippen molar-refractivity contribution < 1.29 is 0 Å². The van der Waals surface area contributed by atoms with Crippen LogP contribution < -0.4 is 5.32 Å². The summed E-state index contributed by atoms with van der Waals surface area (Å²) in [6.07, 6.45) is 2.55. The van der Waals surface area contributed by atoms with Gasteiger partial charge in [0.15, 0.2) is 0 Å². The summed E-state index contributed by atoms with van der Waals surface area (Å²) in [5, 5.41) is 4.30. The van der Waals surface area contributed by atoms with E-state index in [1.807, 2.05) is 18.2 Å². The second-order valence-corrected chi connectivity index (χ2v) is 4.52. The van der Waals surface area contributed by atoms with Crippen LogP contribution in [0.2, 0.25) is 5.02 Å². The van der Waals surface area contributed by atoms with Crippen molar-refractivity contribution in [3.8, 4) is 0 Å². The molecule has 1 aromatic carbocycles. The maximum absolute atomic E-state index is 6.06. The lowest BCUT2D eigenvalue weighted by molar-refractivity contribution is 0.476. The summed E-state index contributed by atoms with van der Waals surface area (Å²) in [5.74, 6) is 0.748. The van der Waals surface area contributed by atoms with Crippen molar-refractivity contribution in [1.29, 1.82) is 0 Å². The lowest BCUT2D eigenvalue weighted by Gasteiger charge is -2.11. The SMILES string of the molecule is CCCC(C)CNCc1ccccc1Cl. The van der Waals surface area contributed by atoms with E-state index in [0.29, 0.717) is 0 Å². The van der Waals surface area contributed by atoms with Gasteiger partial charge in [0.05, 0.1) is 0 Å². The summed E-state index contributed by atoms with van der Waals surface area (Å²) in [4.78, 5) is 0. The molecule has 1 aromatic rings. The molecule has 0 amide bonds. The van der Waals surface area contributed by atoms with Gasteiger partial charge >= 0.3 is 0 Å². The molecule has 0 saturated carbocycles. The minimum Gasteiger partial charge on any atom is -0.312 e. The predicted octanol–water partition coefficient (Wildman–Crippen LogP) is 3.87. The van der Waals surface area contributed by atoms with Gasteiger partial charge in [-0.05, 0) is 30.5 Å². The fraction of sp³-hybridized carbons (Fsp3) is 0.538. The van der Waals surface area contributed by atoms with Gasteiger partial charge in [0.25, 0.3) is 0 Å². The van der Waals surface area contributed by atoms with Gasteiger partial charge in [-0.1, -0.05) is 50.1 Å². The monoisotopic (exact) mass is 225 g/mol. The van der Waals surface area contributed by atoms with Gasteiger partial charge in [0.1, 0.15) is 0 Å². The van der Waals surface area contributed by atoms with Gasteiger partial charge in [-0.3, -0.25) is 0 Å². The fourth-order valence-corrected chi connectivity index (χ4v) is 1.89. The minimum absolute atomic E-state index is 0.748. The van der Waals surface area contributed by atoms with Crippen molar-refractivity contribution in [2.75, 3.05) is 6.54 Å². The third-order valence-corrected chi connectivity index (χ3v) is 2.92. The summed E-state index contributed by atoms with van der Waals surface area (Å²) in [6, 6.07) is 8.00. The van der Waals surface area contributed by atoms with Gasteiger partial charge in [0.2, 0.25) is 0 Å². The van der Waals surface area contributed by atoms with Crippen LogP contribution in [0, 0.1) is 5.92 Å². The molecule has 0 heterocycles. The first kappa shape index (κ1) is 12.5. The quantitative estimate of drug-likeness (QED) is 0.775. The van der Waals surface area contributed by atoms with Crippen LogP contribution >= 0.6 is 11.6 Å². The van der Waals surface area contributed by atoms with Crippen molar-refractivity contribution in [2.24, 2.45) is 5.92 Å². The van der Waals surface area contributed by atoms with E-state index in [2.05, 4.69) is 25.2 Å². The van der Waals surface area contributed by atoms with Gasteiger partial charge < -0.3 is 5.32 Å². The van der Waals surface area contributed by atoms with Crippen molar-refractivity contribution in [3.05, 3.63) is 34.9 Å². The first-order chi connectivity index (χ1) is 7.24.